The molecule has 1 aromatic carbocycles. The van der Waals surface area contributed by atoms with Gasteiger partial charge in [-0.1, -0.05) is 29.8 Å². The first-order valence-corrected chi connectivity index (χ1v) is 11.7. The maximum atomic E-state index is 12.8. The second-order valence-corrected chi connectivity index (χ2v) is 10.6. The van der Waals surface area contributed by atoms with Crippen LogP contribution in [0.3, 0.4) is 0 Å². The normalized spacial score (nSPS) is 17.7. The molecule has 3 rings (SSSR count). The molecule has 8 nitrogen and oxygen atoms in total. The number of aryl methyl sites for hydroxylation is 2. The predicted molar refractivity (Wildman–Crippen MR) is 102 cm³/mol. The van der Waals surface area contributed by atoms with Gasteiger partial charge in [-0.05, 0) is 18.9 Å². The molecule has 0 bridgehead atoms. The standard InChI is InChI=1S/C17H24N4O4S2/c1-15-5-3-6-16(11-15)13-26(22,23)20-7-4-8-21(10-9-20)27(24,25)17-12-19(2)14-18-17/h3,5-6,11-12,14H,4,7-10,13H2,1-2H3. The fourth-order valence-corrected chi connectivity index (χ4v) is 6.13. The second-order valence-electron chi connectivity index (χ2n) is 6.78. The Labute approximate surface area is 160 Å². The van der Waals surface area contributed by atoms with E-state index in [4.69, 9.17) is 0 Å². The maximum absolute atomic E-state index is 12.8. The average Bonchev–Trinajstić information content (AvgIpc) is 2.87. The SMILES string of the molecule is Cc1cccc(CS(=O)(=O)N2CCCN(S(=O)(=O)c3cn(C)cn3)CC2)c1. The van der Waals surface area contributed by atoms with Gasteiger partial charge in [0.1, 0.15) is 0 Å². The van der Waals surface area contributed by atoms with E-state index < -0.39 is 20.0 Å². The van der Waals surface area contributed by atoms with Crippen molar-refractivity contribution < 1.29 is 16.8 Å². The fourth-order valence-electron chi connectivity index (χ4n) is 3.15. The lowest BCUT2D eigenvalue weighted by Crippen LogP contribution is -2.37. The highest BCUT2D eigenvalue weighted by atomic mass is 32.2. The monoisotopic (exact) mass is 412 g/mol. The number of hydrogen-bond acceptors (Lipinski definition) is 5. The highest BCUT2D eigenvalue weighted by Crippen LogP contribution is 2.19. The molecule has 1 saturated heterocycles. The van der Waals surface area contributed by atoms with E-state index in [-0.39, 0.29) is 30.4 Å². The highest BCUT2D eigenvalue weighted by Gasteiger charge is 2.32. The molecule has 148 valence electrons. The number of sulfonamides is 2. The molecule has 0 unspecified atom stereocenters. The van der Waals surface area contributed by atoms with E-state index >= 15 is 0 Å². The zero-order valence-electron chi connectivity index (χ0n) is 15.4. The molecule has 0 atom stereocenters. The molecular weight excluding hydrogens is 388 g/mol. The molecule has 0 saturated carbocycles. The molecule has 2 heterocycles. The Kier molecular flexibility index (Phi) is 5.71. The van der Waals surface area contributed by atoms with Crippen molar-refractivity contribution in [3.63, 3.8) is 0 Å². The van der Waals surface area contributed by atoms with Crippen LogP contribution in [0.4, 0.5) is 0 Å². The van der Waals surface area contributed by atoms with Crippen LogP contribution in [-0.2, 0) is 32.8 Å². The van der Waals surface area contributed by atoms with Crippen LogP contribution in [0.5, 0.6) is 0 Å². The zero-order valence-corrected chi connectivity index (χ0v) is 17.1. The summed E-state index contributed by atoms with van der Waals surface area (Å²) in [7, 11) is -5.53. The zero-order chi connectivity index (χ0) is 19.7. The minimum atomic E-state index is -3.72. The van der Waals surface area contributed by atoms with Crippen LogP contribution in [-0.4, -0.2) is 61.2 Å². The summed E-state index contributed by atoms with van der Waals surface area (Å²) in [6.07, 6.45) is 3.33. The molecule has 0 amide bonds. The van der Waals surface area contributed by atoms with Gasteiger partial charge in [0.25, 0.3) is 10.0 Å². The molecule has 10 heteroatoms. The molecule has 0 radical (unpaired) electrons. The van der Waals surface area contributed by atoms with Crippen LogP contribution in [0.25, 0.3) is 0 Å². The first kappa shape index (κ1) is 20.0. The van der Waals surface area contributed by atoms with Crippen molar-refractivity contribution in [1.82, 2.24) is 18.2 Å². The van der Waals surface area contributed by atoms with Gasteiger partial charge >= 0.3 is 0 Å². The van der Waals surface area contributed by atoms with Crippen LogP contribution in [0, 0.1) is 6.92 Å². The minimum Gasteiger partial charge on any atom is -0.339 e. The molecule has 1 aliphatic heterocycles. The molecule has 0 aliphatic carbocycles. The van der Waals surface area contributed by atoms with E-state index in [0.717, 1.165) is 11.1 Å². The molecule has 2 aromatic rings. The van der Waals surface area contributed by atoms with Crippen LogP contribution in [0.15, 0.2) is 41.8 Å². The summed E-state index contributed by atoms with van der Waals surface area (Å²) in [5, 5.41) is -0.0129. The first-order chi connectivity index (χ1) is 12.7. The number of hydrogen-bond donors (Lipinski definition) is 0. The predicted octanol–water partition coefficient (Wildman–Crippen LogP) is 0.955. The summed E-state index contributed by atoms with van der Waals surface area (Å²) in [6, 6.07) is 7.40. The van der Waals surface area contributed by atoms with E-state index in [9.17, 15) is 16.8 Å². The van der Waals surface area contributed by atoms with Crippen molar-refractivity contribution in [3.8, 4) is 0 Å². The van der Waals surface area contributed by atoms with E-state index in [1.54, 1.807) is 17.7 Å². The number of imidazole rings is 1. The van der Waals surface area contributed by atoms with Crippen LogP contribution < -0.4 is 0 Å². The topological polar surface area (TPSA) is 92.6 Å². The average molecular weight is 413 g/mol. The summed E-state index contributed by atoms with van der Waals surface area (Å²) in [5.74, 6) is -0.0817. The van der Waals surface area contributed by atoms with Gasteiger partial charge in [0.2, 0.25) is 10.0 Å². The van der Waals surface area contributed by atoms with Crippen molar-refractivity contribution in [2.24, 2.45) is 7.05 Å². The largest absolute Gasteiger partial charge is 0.339 e. The minimum absolute atomic E-state index is 0.0129. The molecular formula is C17H24N4O4S2. The summed E-state index contributed by atoms with van der Waals surface area (Å²) >= 11 is 0. The van der Waals surface area contributed by atoms with Gasteiger partial charge < -0.3 is 4.57 Å². The van der Waals surface area contributed by atoms with Crippen molar-refractivity contribution in [3.05, 3.63) is 47.9 Å². The third-order valence-electron chi connectivity index (χ3n) is 4.52. The molecule has 1 aliphatic rings. The Balaban J connectivity index is 1.72. The summed E-state index contributed by atoms with van der Waals surface area (Å²) < 4.78 is 55.3. The van der Waals surface area contributed by atoms with Gasteiger partial charge in [0.15, 0.2) is 5.03 Å². The Morgan fingerprint density at radius 1 is 1.04 bits per heavy atom. The Morgan fingerprint density at radius 2 is 1.74 bits per heavy atom. The maximum Gasteiger partial charge on any atom is 0.262 e. The Hall–Kier alpha value is -1.75. The van der Waals surface area contributed by atoms with Crippen molar-refractivity contribution in [2.75, 3.05) is 26.2 Å². The van der Waals surface area contributed by atoms with Crippen molar-refractivity contribution in [2.45, 2.75) is 24.1 Å². The second kappa shape index (κ2) is 7.70. The van der Waals surface area contributed by atoms with Crippen LogP contribution in [0.2, 0.25) is 0 Å². The van der Waals surface area contributed by atoms with Gasteiger partial charge in [-0.2, -0.15) is 4.31 Å². The van der Waals surface area contributed by atoms with Gasteiger partial charge in [0.05, 0.1) is 12.1 Å². The highest BCUT2D eigenvalue weighted by molar-refractivity contribution is 7.89. The summed E-state index contributed by atoms with van der Waals surface area (Å²) in [5.41, 5.74) is 1.74. The fraction of sp³-hybridized carbons (Fsp3) is 0.471. The van der Waals surface area contributed by atoms with E-state index in [0.29, 0.717) is 13.0 Å². The van der Waals surface area contributed by atoms with E-state index in [1.165, 1.54) is 21.1 Å². The van der Waals surface area contributed by atoms with Gasteiger partial charge in [-0.3, -0.25) is 0 Å². The van der Waals surface area contributed by atoms with Gasteiger partial charge in [-0.15, -0.1) is 0 Å². The quantitative estimate of drug-likeness (QED) is 0.729. The molecule has 27 heavy (non-hydrogen) atoms. The summed E-state index contributed by atoms with van der Waals surface area (Å²) in [6.45, 7) is 2.76. The van der Waals surface area contributed by atoms with Crippen LogP contribution in [0.1, 0.15) is 17.5 Å². The number of benzene rings is 1. The number of rotatable bonds is 5. The lowest BCUT2D eigenvalue weighted by atomic mass is 10.2. The van der Waals surface area contributed by atoms with Crippen molar-refractivity contribution in [1.29, 1.82) is 0 Å². The molecule has 0 spiro atoms. The summed E-state index contributed by atoms with van der Waals surface area (Å²) in [4.78, 5) is 3.93. The van der Waals surface area contributed by atoms with Gasteiger partial charge in [-0.25, -0.2) is 26.1 Å². The number of aromatic nitrogens is 2. The van der Waals surface area contributed by atoms with E-state index in [1.807, 2.05) is 25.1 Å². The Bertz CT molecular complexity index is 1020. The molecule has 1 aromatic heterocycles. The smallest absolute Gasteiger partial charge is 0.262 e. The van der Waals surface area contributed by atoms with Crippen LogP contribution >= 0.6 is 0 Å². The molecule has 0 N–H and O–H groups in total. The third-order valence-corrected chi connectivity index (χ3v) is 8.16. The third kappa shape index (κ3) is 4.57. The lowest BCUT2D eigenvalue weighted by Gasteiger charge is -2.21. The van der Waals surface area contributed by atoms with Gasteiger partial charge in [0, 0.05) is 39.4 Å². The Morgan fingerprint density at radius 3 is 2.41 bits per heavy atom. The van der Waals surface area contributed by atoms with Crippen molar-refractivity contribution >= 4 is 20.0 Å². The van der Waals surface area contributed by atoms with E-state index in [2.05, 4.69) is 4.98 Å². The first-order valence-electron chi connectivity index (χ1n) is 8.70. The molecule has 1 fully saturated rings. The number of nitrogens with zero attached hydrogens (tertiary/aromatic N) is 4. The lowest BCUT2D eigenvalue weighted by molar-refractivity contribution is 0.403.